The fraction of sp³-hybridized carbons (Fsp3) is 0.250. The van der Waals surface area contributed by atoms with E-state index in [1.807, 2.05) is 22.6 Å². The fourth-order valence-electron chi connectivity index (χ4n) is 0.907. The molecule has 74 valence electrons. The molecule has 0 radical (unpaired) electrons. The predicted octanol–water partition coefficient (Wildman–Crippen LogP) is 3.23. The van der Waals surface area contributed by atoms with Gasteiger partial charge in [0.05, 0.1) is 5.56 Å². The van der Waals surface area contributed by atoms with E-state index in [2.05, 4.69) is 4.98 Å². The van der Waals surface area contributed by atoms with Crippen molar-refractivity contribution < 1.29 is 8.78 Å². The Labute approximate surface area is 98.0 Å². The molecule has 0 unspecified atom stereocenters. The number of aromatic nitrogens is 1. The molecule has 1 aromatic rings. The van der Waals surface area contributed by atoms with Crippen molar-refractivity contribution in [1.29, 1.82) is 5.26 Å². The van der Waals surface area contributed by atoms with Gasteiger partial charge in [-0.25, -0.2) is 8.78 Å². The second-order valence-corrected chi connectivity index (χ2v) is 3.75. The lowest BCUT2D eigenvalue weighted by atomic mass is 10.1. The van der Waals surface area contributed by atoms with Crippen LogP contribution in [0, 0.1) is 14.9 Å². The van der Waals surface area contributed by atoms with Crippen molar-refractivity contribution in [3.05, 3.63) is 26.6 Å². The lowest BCUT2D eigenvalue weighted by Gasteiger charge is -2.06. The van der Waals surface area contributed by atoms with Crippen LogP contribution < -0.4 is 0 Å². The summed E-state index contributed by atoms with van der Waals surface area (Å²) >= 11 is 7.37. The molecule has 0 bridgehead atoms. The van der Waals surface area contributed by atoms with Crippen LogP contribution in [-0.2, 0) is 5.88 Å². The Hall–Kier alpha value is -0.480. The second-order valence-electron chi connectivity index (χ2n) is 2.40. The molecule has 0 fully saturated rings. The summed E-state index contributed by atoms with van der Waals surface area (Å²) in [7, 11) is 0. The van der Waals surface area contributed by atoms with Crippen molar-refractivity contribution in [3.8, 4) is 6.07 Å². The van der Waals surface area contributed by atoms with Crippen LogP contribution in [0.1, 0.15) is 23.2 Å². The number of alkyl halides is 3. The van der Waals surface area contributed by atoms with Gasteiger partial charge in [0.2, 0.25) is 0 Å². The molecule has 0 amide bonds. The molecule has 0 saturated carbocycles. The molecule has 0 saturated heterocycles. The van der Waals surface area contributed by atoms with Crippen molar-refractivity contribution in [3.63, 3.8) is 0 Å². The Morgan fingerprint density at radius 1 is 1.64 bits per heavy atom. The molecule has 6 heteroatoms. The number of nitriles is 1. The van der Waals surface area contributed by atoms with E-state index >= 15 is 0 Å². The largest absolute Gasteiger partial charge is 0.281 e. The first-order chi connectivity index (χ1) is 6.61. The molecule has 1 rings (SSSR count). The Balaban J connectivity index is 3.38. The minimum Gasteiger partial charge on any atom is -0.253 e. The number of hydrogen-bond donors (Lipinski definition) is 0. The summed E-state index contributed by atoms with van der Waals surface area (Å²) in [5, 5.41) is 8.70. The number of hydrogen-bond acceptors (Lipinski definition) is 2. The van der Waals surface area contributed by atoms with Crippen molar-refractivity contribution in [2.45, 2.75) is 12.3 Å². The second kappa shape index (κ2) is 4.84. The molecular formula is C8H4ClF2IN2. The molecule has 0 atom stereocenters. The van der Waals surface area contributed by atoms with Gasteiger partial charge in [-0.15, -0.1) is 11.6 Å². The van der Waals surface area contributed by atoms with E-state index in [0.717, 1.165) is 0 Å². The standard InChI is InChI=1S/C8H4ClF2IN2/c9-1-4-3-14-7(8(10)11)5(2-13)6(4)12/h3,8H,1H2. The van der Waals surface area contributed by atoms with Crippen LogP contribution in [0.2, 0.25) is 0 Å². The first kappa shape index (κ1) is 11.6. The summed E-state index contributed by atoms with van der Waals surface area (Å²) in [6, 6.07) is 1.71. The van der Waals surface area contributed by atoms with Gasteiger partial charge in [-0.2, -0.15) is 5.26 Å². The highest BCUT2D eigenvalue weighted by Gasteiger charge is 2.18. The van der Waals surface area contributed by atoms with E-state index in [0.29, 0.717) is 9.13 Å². The highest BCUT2D eigenvalue weighted by molar-refractivity contribution is 14.1. The number of halogens is 4. The SMILES string of the molecule is N#Cc1c(C(F)F)ncc(CCl)c1I. The monoisotopic (exact) mass is 328 g/mol. The molecule has 0 aromatic carbocycles. The van der Waals surface area contributed by atoms with Crippen LogP contribution in [-0.4, -0.2) is 4.98 Å². The maximum atomic E-state index is 12.4. The zero-order chi connectivity index (χ0) is 10.7. The molecule has 0 aliphatic carbocycles. The first-order valence-electron chi connectivity index (χ1n) is 3.53. The Bertz CT molecular complexity index is 390. The minimum absolute atomic E-state index is 0.0845. The van der Waals surface area contributed by atoms with E-state index in [1.54, 1.807) is 6.07 Å². The molecular weight excluding hydrogens is 324 g/mol. The summed E-state index contributed by atoms with van der Waals surface area (Å²) in [5.41, 5.74) is 0.0257. The zero-order valence-corrected chi connectivity index (χ0v) is 9.68. The predicted molar refractivity (Wildman–Crippen MR) is 56.2 cm³/mol. The Morgan fingerprint density at radius 3 is 2.71 bits per heavy atom. The molecule has 0 N–H and O–H groups in total. The van der Waals surface area contributed by atoms with Crippen LogP contribution in [0.15, 0.2) is 6.20 Å². The third-order valence-electron chi connectivity index (χ3n) is 1.58. The number of pyridine rings is 1. The molecule has 1 aromatic heterocycles. The van der Waals surface area contributed by atoms with Crippen molar-refractivity contribution >= 4 is 34.2 Å². The summed E-state index contributed by atoms with van der Waals surface area (Å²) < 4.78 is 25.2. The van der Waals surface area contributed by atoms with Gasteiger partial charge in [0, 0.05) is 15.6 Å². The molecule has 0 spiro atoms. The number of rotatable bonds is 2. The maximum Gasteiger partial charge on any atom is 0.281 e. The molecule has 2 nitrogen and oxygen atoms in total. The first-order valence-corrected chi connectivity index (χ1v) is 5.14. The zero-order valence-electron chi connectivity index (χ0n) is 6.77. The van der Waals surface area contributed by atoms with Gasteiger partial charge in [0.1, 0.15) is 11.8 Å². The third-order valence-corrected chi connectivity index (χ3v) is 3.10. The van der Waals surface area contributed by atoms with Crippen molar-refractivity contribution in [1.82, 2.24) is 4.98 Å². The summed E-state index contributed by atoms with van der Waals surface area (Å²) in [4.78, 5) is 3.52. The topological polar surface area (TPSA) is 36.7 Å². The fourth-order valence-corrected chi connectivity index (χ4v) is 2.06. The van der Waals surface area contributed by atoms with Gasteiger partial charge >= 0.3 is 0 Å². The molecule has 14 heavy (non-hydrogen) atoms. The maximum absolute atomic E-state index is 12.4. The molecule has 0 aliphatic rings. The van der Waals surface area contributed by atoms with E-state index < -0.39 is 12.1 Å². The third kappa shape index (κ3) is 2.12. The van der Waals surface area contributed by atoms with Gasteiger partial charge in [0.25, 0.3) is 6.43 Å². The van der Waals surface area contributed by atoms with Crippen LogP contribution in [0.3, 0.4) is 0 Å². The summed E-state index contributed by atoms with van der Waals surface area (Å²) in [6.45, 7) is 0. The lowest BCUT2D eigenvalue weighted by molar-refractivity contribution is 0.145. The highest BCUT2D eigenvalue weighted by Crippen LogP contribution is 2.26. The Morgan fingerprint density at radius 2 is 2.29 bits per heavy atom. The van der Waals surface area contributed by atoms with Crippen LogP contribution in [0.4, 0.5) is 8.78 Å². The highest BCUT2D eigenvalue weighted by atomic mass is 127. The van der Waals surface area contributed by atoms with Gasteiger partial charge in [-0.05, 0) is 28.2 Å². The van der Waals surface area contributed by atoms with Gasteiger partial charge in [-0.3, -0.25) is 4.98 Å². The van der Waals surface area contributed by atoms with E-state index in [9.17, 15) is 8.78 Å². The van der Waals surface area contributed by atoms with Crippen molar-refractivity contribution in [2.75, 3.05) is 0 Å². The molecule has 1 heterocycles. The normalized spacial score (nSPS) is 10.3. The number of nitrogens with zero attached hydrogens (tertiary/aromatic N) is 2. The van der Waals surface area contributed by atoms with Crippen LogP contribution in [0.5, 0.6) is 0 Å². The average Bonchev–Trinajstić information content (AvgIpc) is 2.17. The molecule has 0 aliphatic heterocycles. The minimum atomic E-state index is -2.73. The van der Waals surface area contributed by atoms with Gasteiger partial charge in [-0.1, -0.05) is 0 Å². The Kier molecular flexibility index (Phi) is 4.01. The van der Waals surface area contributed by atoms with Crippen molar-refractivity contribution in [2.24, 2.45) is 0 Å². The quantitative estimate of drug-likeness (QED) is 0.617. The van der Waals surface area contributed by atoms with Crippen LogP contribution >= 0.6 is 34.2 Å². The van der Waals surface area contributed by atoms with E-state index in [-0.39, 0.29) is 11.4 Å². The van der Waals surface area contributed by atoms with Gasteiger partial charge in [0.15, 0.2) is 0 Å². The average molecular weight is 328 g/mol. The lowest BCUT2D eigenvalue weighted by Crippen LogP contribution is -2.01. The van der Waals surface area contributed by atoms with Crippen LogP contribution in [0.25, 0.3) is 0 Å². The van der Waals surface area contributed by atoms with E-state index in [1.165, 1.54) is 6.20 Å². The smallest absolute Gasteiger partial charge is 0.253 e. The summed E-state index contributed by atoms with van der Waals surface area (Å²) in [6.07, 6.45) is -1.46. The summed E-state index contributed by atoms with van der Waals surface area (Å²) in [5.74, 6) is 0.156. The van der Waals surface area contributed by atoms with E-state index in [4.69, 9.17) is 16.9 Å². The van der Waals surface area contributed by atoms with Gasteiger partial charge < -0.3 is 0 Å².